The maximum Gasteiger partial charge on any atom is 0.0477 e. The highest BCUT2D eigenvalue weighted by Crippen LogP contribution is 2.14. The molecular formula is C12H26N2O. The number of nitrogens with zero attached hydrogens (tertiary/aromatic N) is 1. The molecule has 0 aromatic rings. The van der Waals surface area contributed by atoms with E-state index < -0.39 is 0 Å². The van der Waals surface area contributed by atoms with Crippen LogP contribution in [0.2, 0.25) is 0 Å². The van der Waals surface area contributed by atoms with Crippen molar-refractivity contribution >= 4 is 0 Å². The topological polar surface area (TPSA) is 24.5 Å². The van der Waals surface area contributed by atoms with E-state index in [1.165, 1.54) is 6.42 Å². The summed E-state index contributed by atoms with van der Waals surface area (Å²) >= 11 is 0. The van der Waals surface area contributed by atoms with E-state index in [2.05, 4.69) is 31.0 Å². The lowest BCUT2D eigenvalue weighted by Gasteiger charge is -2.34. The van der Waals surface area contributed by atoms with E-state index in [4.69, 9.17) is 4.74 Å². The number of hydrogen-bond donors (Lipinski definition) is 1. The first-order valence-corrected chi connectivity index (χ1v) is 6.13. The zero-order chi connectivity index (χ0) is 11.3. The zero-order valence-electron chi connectivity index (χ0n) is 10.6. The van der Waals surface area contributed by atoms with Crippen LogP contribution in [-0.2, 0) is 4.74 Å². The van der Waals surface area contributed by atoms with Crippen LogP contribution in [0, 0.1) is 0 Å². The second-order valence-corrected chi connectivity index (χ2v) is 4.82. The molecule has 1 heterocycles. The molecule has 1 aliphatic rings. The highest BCUT2D eigenvalue weighted by molar-refractivity contribution is 4.81. The second-order valence-electron chi connectivity index (χ2n) is 4.82. The zero-order valence-corrected chi connectivity index (χ0v) is 10.6. The van der Waals surface area contributed by atoms with Crippen molar-refractivity contribution in [2.24, 2.45) is 0 Å². The summed E-state index contributed by atoms with van der Waals surface area (Å²) in [4.78, 5) is 2.61. The Balaban J connectivity index is 2.47. The number of hydrogen-bond acceptors (Lipinski definition) is 3. The molecule has 90 valence electrons. The molecule has 1 aliphatic heterocycles. The summed E-state index contributed by atoms with van der Waals surface area (Å²) in [5.41, 5.74) is 0. The minimum absolute atomic E-state index is 0.611. The van der Waals surface area contributed by atoms with Gasteiger partial charge in [-0.25, -0.2) is 0 Å². The van der Waals surface area contributed by atoms with Crippen molar-refractivity contribution in [1.29, 1.82) is 0 Å². The van der Waals surface area contributed by atoms with Crippen LogP contribution in [-0.4, -0.2) is 49.8 Å². The van der Waals surface area contributed by atoms with Crippen LogP contribution in [0.1, 0.15) is 33.6 Å². The van der Waals surface area contributed by atoms with Gasteiger partial charge in [0.15, 0.2) is 0 Å². The number of ether oxygens (including phenoxy) is 1. The Kier molecular flexibility index (Phi) is 5.58. The van der Waals surface area contributed by atoms with Gasteiger partial charge in [-0.3, -0.25) is 4.90 Å². The second kappa shape index (κ2) is 6.46. The first-order valence-electron chi connectivity index (χ1n) is 6.13. The molecule has 0 amide bonds. The van der Waals surface area contributed by atoms with Gasteiger partial charge in [0.1, 0.15) is 0 Å². The lowest BCUT2D eigenvalue weighted by molar-refractivity contribution is 0.110. The van der Waals surface area contributed by atoms with Crippen molar-refractivity contribution in [2.45, 2.75) is 51.7 Å². The minimum atomic E-state index is 0.611. The minimum Gasteiger partial charge on any atom is -0.385 e. The van der Waals surface area contributed by atoms with E-state index in [-0.39, 0.29) is 0 Å². The molecule has 1 rings (SSSR count). The van der Waals surface area contributed by atoms with Gasteiger partial charge in [0.05, 0.1) is 0 Å². The molecular weight excluding hydrogens is 188 g/mol. The van der Waals surface area contributed by atoms with E-state index in [0.717, 1.165) is 26.1 Å². The monoisotopic (exact) mass is 214 g/mol. The standard InChI is InChI=1S/C12H26N2O/c1-10-9-14(11(2)5-7-13-10)12(3)6-8-15-4/h10-13H,5-9H2,1-4H3. The number of methoxy groups -OCH3 is 1. The molecule has 1 N–H and O–H groups in total. The molecule has 3 nitrogen and oxygen atoms in total. The number of rotatable bonds is 4. The SMILES string of the molecule is COCCC(C)N1CC(C)NCCC1C. The smallest absolute Gasteiger partial charge is 0.0477 e. The van der Waals surface area contributed by atoms with Crippen molar-refractivity contribution < 1.29 is 4.74 Å². The van der Waals surface area contributed by atoms with Gasteiger partial charge in [0.2, 0.25) is 0 Å². The Morgan fingerprint density at radius 1 is 1.47 bits per heavy atom. The van der Waals surface area contributed by atoms with Gasteiger partial charge in [0.25, 0.3) is 0 Å². The van der Waals surface area contributed by atoms with Crippen LogP contribution in [0.4, 0.5) is 0 Å². The van der Waals surface area contributed by atoms with Crippen molar-refractivity contribution in [1.82, 2.24) is 10.2 Å². The summed E-state index contributed by atoms with van der Waals surface area (Å²) in [6.45, 7) is 10.1. The average molecular weight is 214 g/mol. The van der Waals surface area contributed by atoms with Gasteiger partial charge >= 0.3 is 0 Å². The van der Waals surface area contributed by atoms with Crippen molar-refractivity contribution in [3.8, 4) is 0 Å². The molecule has 15 heavy (non-hydrogen) atoms. The molecule has 3 unspecified atom stereocenters. The highest BCUT2D eigenvalue weighted by Gasteiger charge is 2.24. The molecule has 0 aromatic heterocycles. The predicted molar refractivity (Wildman–Crippen MR) is 64.2 cm³/mol. The molecule has 3 atom stereocenters. The molecule has 0 radical (unpaired) electrons. The molecule has 1 saturated heterocycles. The summed E-state index contributed by atoms with van der Waals surface area (Å²) in [6.07, 6.45) is 2.38. The van der Waals surface area contributed by atoms with Crippen LogP contribution in [0.15, 0.2) is 0 Å². The van der Waals surface area contributed by atoms with E-state index >= 15 is 0 Å². The first kappa shape index (κ1) is 12.9. The van der Waals surface area contributed by atoms with Crippen LogP contribution < -0.4 is 5.32 Å². The number of nitrogens with one attached hydrogen (secondary N) is 1. The summed E-state index contributed by atoms with van der Waals surface area (Å²) < 4.78 is 5.15. The van der Waals surface area contributed by atoms with E-state index in [0.29, 0.717) is 18.1 Å². The maximum absolute atomic E-state index is 5.15. The third-order valence-electron chi connectivity index (χ3n) is 3.41. The molecule has 0 spiro atoms. The summed E-state index contributed by atoms with van der Waals surface area (Å²) in [5.74, 6) is 0. The average Bonchev–Trinajstić information content (AvgIpc) is 2.37. The fourth-order valence-electron chi connectivity index (χ4n) is 2.33. The third kappa shape index (κ3) is 4.09. The lowest BCUT2D eigenvalue weighted by atomic mass is 10.1. The normalized spacial score (nSPS) is 31.2. The summed E-state index contributed by atoms with van der Waals surface area (Å²) in [5, 5.41) is 3.54. The van der Waals surface area contributed by atoms with Gasteiger partial charge in [-0.2, -0.15) is 0 Å². The van der Waals surface area contributed by atoms with Crippen LogP contribution in [0.25, 0.3) is 0 Å². The third-order valence-corrected chi connectivity index (χ3v) is 3.41. The molecule has 0 aromatic carbocycles. The van der Waals surface area contributed by atoms with E-state index in [1.54, 1.807) is 7.11 Å². The maximum atomic E-state index is 5.15. The van der Waals surface area contributed by atoms with E-state index in [9.17, 15) is 0 Å². The first-order chi connectivity index (χ1) is 7.15. The highest BCUT2D eigenvalue weighted by atomic mass is 16.5. The lowest BCUT2D eigenvalue weighted by Crippen LogP contribution is -2.44. The Hall–Kier alpha value is -0.120. The Morgan fingerprint density at radius 3 is 2.87 bits per heavy atom. The fourth-order valence-corrected chi connectivity index (χ4v) is 2.33. The Bertz CT molecular complexity index is 175. The van der Waals surface area contributed by atoms with Crippen LogP contribution >= 0.6 is 0 Å². The molecule has 3 heteroatoms. The van der Waals surface area contributed by atoms with Crippen molar-refractivity contribution in [3.05, 3.63) is 0 Å². The molecule has 1 fully saturated rings. The van der Waals surface area contributed by atoms with Crippen molar-refractivity contribution in [2.75, 3.05) is 26.8 Å². The van der Waals surface area contributed by atoms with Crippen LogP contribution in [0.5, 0.6) is 0 Å². The Labute approximate surface area is 94.2 Å². The van der Waals surface area contributed by atoms with Gasteiger partial charge in [-0.05, 0) is 40.2 Å². The van der Waals surface area contributed by atoms with Gasteiger partial charge in [-0.1, -0.05) is 0 Å². The largest absolute Gasteiger partial charge is 0.385 e. The predicted octanol–water partition coefficient (Wildman–Crippen LogP) is 1.48. The quantitative estimate of drug-likeness (QED) is 0.767. The van der Waals surface area contributed by atoms with E-state index in [1.807, 2.05) is 0 Å². The summed E-state index contributed by atoms with van der Waals surface area (Å²) in [6, 6.07) is 1.93. The Morgan fingerprint density at radius 2 is 2.20 bits per heavy atom. The van der Waals surface area contributed by atoms with Crippen molar-refractivity contribution in [3.63, 3.8) is 0 Å². The summed E-state index contributed by atoms with van der Waals surface area (Å²) in [7, 11) is 1.78. The fraction of sp³-hybridized carbons (Fsp3) is 1.00. The molecule has 0 bridgehead atoms. The van der Waals surface area contributed by atoms with Gasteiger partial charge in [0, 0.05) is 38.4 Å². The van der Waals surface area contributed by atoms with Gasteiger partial charge < -0.3 is 10.1 Å². The van der Waals surface area contributed by atoms with Crippen LogP contribution in [0.3, 0.4) is 0 Å². The molecule has 0 aliphatic carbocycles. The van der Waals surface area contributed by atoms with Gasteiger partial charge in [-0.15, -0.1) is 0 Å². The molecule has 0 saturated carbocycles.